The van der Waals surface area contributed by atoms with Crippen LogP contribution in [-0.4, -0.2) is 25.5 Å². The number of fused-ring (bicyclic) bond motifs is 1. The molecular formula is C19H18ClNO2. The van der Waals surface area contributed by atoms with E-state index in [9.17, 15) is 0 Å². The number of hydrogen-bond donors (Lipinski definition) is 0. The fourth-order valence-electron chi connectivity index (χ4n) is 2.40. The molecular weight excluding hydrogens is 310 g/mol. The van der Waals surface area contributed by atoms with E-state index in [0.29, 0.717) is 6.61 Å². The van der Waals surface area contributed by atoms with Gasteiger partial charge in [0.2, 0.25) is 0 Å². The first kappa shape index (κ1) is 15.6. The molecule has 2 aromatic rings. The average molecular weight is 328 g/mol. The van der Waals surface area contributed by atoms with Crippen LogP contribution < -0.4 is 9.47 Å². The Bertz CT molecular complexity index is 750. The van der Waals surface area contributed by atoms with Crippen molar-refractivity contribution in [3.8, 4) is 11.5 Å². The third-order valence-electron chi connectivity index (χ3n) is 3.61. The third-order valence-corrected chi connectivity index (χ3v) is 3.86. The molecule has 1 atom stereocenters. The van der Waals surface area contributed by atoms with Crippen molar-refractivity contribution in [1.29, 1.82) is 0 Å². The molecule has 23 heavy (non-hydrogen) atoms. The summed E-state index contributed by atoms with van der Waals surface area (Å²) in [7, 11) is 1.65. The lowest BCUT2D eigenvalue weighted by molar-refractivity contribution is 0.298. The fraction of sp³-hybridized carbons (Fsp3) is 0.211. The van der Waals surface area contributed by atoms with Crippen molar-refractivity contribution in [2.24, 2.45) is 4.99 Å². The molecule has 1 heterocycles. The Morgan fingerprint density at radius 2 is 1.96 bits per heavy atom. The molecule has 0 radical (unpaired) electrons. The van der Waals surface area contributed by atoms with Crippen LogP contribution in [0.15, 0.2) is 53.5 Å². The van der Waals surface area contributed by atoms with E-state index in [4.69, 9.17) is 26.1 Å². The molecule has 0 bridgehead atoms. The largest absolute Gasteiger partial charge is 0.497 e. The molecule has 1 aliphatic rings. The minimum absolute atomic E-state index is 0.0956. The zero-order chi connectivity index (χ0) is 16.2. The summed E-state index contributed by atoms with van der Waals surface area (Å²) in [6.45, 7) is 2.59. The van der Waals surface area contributed by atoms with E-state index in [1.54, 1.807) is 7.11 Å². The van der Waals surface area contributed by atoms with E-state index in [2.05, 4.69) is 0 Å². The highest BCUT2D eigenvalue weighted by atomic mass is 35.5. The van der Waals surface area contributed by atoms with Crippen LogP contribution >= 0.6 is 11.6 Å². The summed E-state index contributed by atoms with van der Waals surface area (Å²) in [5.74, 6) is 1.58. The first-order valence-corrected chi connectivity index (χ1v) is 7.86. The van der Waals surface area contributed by atoms with E-state index in [1.807, 2.05) is 61.5 Å². The number of nitrogens with zero attached hydrogens (tertiary/aromatic N) is 1. The monoisotopic (exact) mass is 327 g/mol. The SMILES string of the molecule is COc1ccc2c(c1)OCC(C)N=C2C=Cc1ccc(Cl)cc1. The summed E-state index contributed by atoms with van der Waals surface area (Å²) in [6.07, 6.45) is 4.04. The molecule has 0 amide bonds. The van der Waals surface area contributed by atoms with E-state index in [1.165, 1.54) is 0 Å². The van der Waals surface area contributed by atoms with Crippen molar-refractivity contribution in [1.82, 2.24) is 0 Å². The highest BCUT2D eigenvalue weighted by Crippen LogP contribution is 2.28. The van der Waals surface area contributed by atoms with Crippen LogP contribution in [0.3, 0.4) is 0 Å². The second-order valence-electron chi connectivity index (χ2n) is 5.42. The summed E-state index contributed by atoms with van der Waals surface area (Å²) in [5.41, 5.74) is 2.95. The Morgan fingerprint density at radius 1 is 1.17 bits per heavy atom. The summed E-state index contributed by atoms with van der Waals surface area (Å²) >= 11 is 5.92. The van der Waals surface area contributed by atoms with E-state index in [-0.39, 0.29) is 6.04 Å². The van der Waals surface area contributed by atoms with Crippen molar-refractivity contribution < 1.29 is 9.47 Å². The summed E-state index contributed by atoms with van der Waals surface area (Å²) in [6, 6.07) is 13.6. The lowest BCUT2D eigenvalue weighted by Gasteiger charge is -2.09. The third kappa shape index (κ3) is 3.74. The normalized spacial score (nSPS) is 17.2. The van der Waals surface area contributed by atoms with Crippen LogP contribution in [0.1, 0.15) is 18.1 Å². The van der Waals surface area contributed by atoms with E-state index < -0.39 is 0 Å². The van der Waals surface area contributed by atoms with Crippen molar-refractivity contribution in [2.75, 3.05) is 13.7 Å². The molecule has 1 unspecified atom stereocenters. The van der Waals surface area contributed by atoms with Gasteiger partial charge in [-0.05, 0) is 42.8 Å². The van der Waals surface area contributed by atoms with E-state index >= 15 is 0 Å². The number of halogens is 1. The Balaban J connectivity index is 1.95. The Kier molecular flexibility index (Phi) is 4.68. The van der Waals surface area contributed by atoms with Gasteiger partial charge in [0.1, 0.15) is 18.1 Å². The fourth-order valence-corrected chi connectivity index (χ4v) is 2.52. The number of allylic oxidation sites excluding steroid dienone is 1. The number of rotatable bonds is 3. The standard InChI is InChI=1S/C19H18ClNO2/c1-13-12-23-19-11-16(22-2)8-9-17(19)18(21-13)10-5-14-3-6-15(20)7-4-14/h3-11,13H,12H2,1-2H3. The topological polar surface area (TPSA) is 30.8 Å². The van der Waals surface area contributed by atoms with Crippen molar-refractivity contribution in [2.45, 2.75) is 13.0 Å². The molecule has 4 heteroatoms. The molecule has 0 saturated heterocycles. The van der Waals surface area contributed by atoms with Gasteiger partial charge >= 0.3 is 0 Å². The second kappa shape index (κ2) is 6.88. The Labute approximate surface area is 141 Å². The number of aliphatic imine (C=N–C) groups is 1. The molecule has 0 saturated carbocycles. The molecule has 118 valence electrons. The molecule has 0 aliphatic carbocycles. The zero-order valence-electron chi connectivity index (χ0n) is 13.1. The van der Waals surface area contributed by atoms with Gasteiger partial charge in [-0.1, -0.05) is 29.8 Å². The molecule has 1 aliphatic heterocycles. The van der Waals surface area contributed by atoms with Crippen LogP contribution in [0, 0.1) is 0 Å². The minimum Gasteiger partial charge on any atom is -0.497 e. The van der Waals surface area contributed by atoms with Crippen LogP contribution in [0.5, 0.6) is 11.5 Å². The van der Waals surface area contributed by atoms with Crippen LogP contribution in [0.25, 0.3) is 6.08 Å². The zero-order valence-corrected chi connectivity index (χ0v) is 13.9. The summed E-state index contributed by atoms with van der Waals surface area (Å²) < 4.78 is 11.1. The lowest BCUT2D eigenvalue weighted by atomic mass is 10.1. The smallest absolute Gasteiger partial charge is 0.132 e. The number of hydrogen-bond acceptors (Lipinski definition) is 3. The van der Waals surface area contributed by atoms with Gasteiger partial charge in [0.25, 0.3) is 0 Å². The predicted octanol–water partition coefficient (Wildman–Crippen LogP) is 4.63. The molecule has 0 fully saturated rings. The molecule has 0 spiro atoms. The molecule has 0 aromatic heterocycles. The van der Waals surface area contributed by atoms with Crippen molar-refractivity contribution >= 4 is 23.4 Å². The number of benzene rings is 2. The van der Waals surface area contributed by atoms with Gasteiger partial charge in [0.15, 0.2) is 0 Å². The first-order valence-electron chi connectivity index (χ1n) is 7.48. The molecule has 3 nitrogen and oxygen atoms in total. The lowest BCUT2D eigenvalue weighted by Crippen LogP contribution is -2.10. The van der Waals surface area contributed by atoms with Crippen molar-refractivity contribution in [3.63, 3.8) is 0 Å². The van der Waals surface area contributed by atoms with E-state index in [0.717, 1.165) is 33.4 Å². The number of methoxy groups -OCH3 is 1. The van der Waals surface area contributed by atoms with Crippen LogP contribution in [-0.2, 0) is 0 Å². The first-order chi connectivity index (χ1) is 11.2. The summed E-state index contributed by atoms with van der Waals surface area (Å²) in [4.78, 5) is 4.74. The maximum absolute atomic E-state index is 5.92. The average Bonchev–Trinajstić information content (AvgIpc) is 2.73. The quantitative estimate of drug-likeness (QED) is 0.822. The maximum atomic E-state index is 5.92. The van der Waals surface area contributed by atoms with Gasteiger partial charge in [-0.25, -0.2) is 0 Å². The molecule has 3 rings (SSSR count). The predicted molar refractivity (Wildman–Crippen MR) is 95.0 cm³/mol. The Morgan fingerprint density at radius 3 is 2.70 bits per heavy atom. The summed E-state index contributed by atoms with van der Waals surface area (Å²) in [5, 5.41) is 0.730. The van der Waals surface area contributed by atoms with Gasteiger partial charge in [0.05, 0.1) is 18.9 Å². The maximum Gasteiger partial charge on any atom is 0.132 e. The molecule has 2 aromatic carbocycles. The Hall–Kier alpha value is -2.26. The van der Waals surface area contributed by atoms with Crippen LogP contribution in [0.2, 0.25) is 5.02 Å². The second-order valence-corrected chi connectivity index (χ2v) is 5.86. The van der Waals surface area contributed by atoms with Gasteiger partial charge in [-0.3, -0.25) is 4.99 Å². The van der Waals surface area contributed by atoms with Gasteiger partial charge in [-0.15, -0.1) is 0 Å². The van der Waals surface area contributed by atoms with Gasteiger partial charge in [-0.2, -0.15) is 0 Å². The van der Waals surface area contributed by atoms with Crippen LogP contribution in [0.4, 0.5) is 0 Å². The van der Waals surface area contributed by atoms with Gasteiger partial charge in [0, 0.05) is 16.7 Å². The highest BCUT2D eigenvalue weighted by Gasteiger charge is 2.16. The van der Waals surface area contributed by atoms with Gasteiger partial charge < -0.3 is 9.47 Å². The molecule has 0 N–H and O–H groups in total. The van der Waals surface area contributed by atoms with Crippen molar-refractivity contribution in [3.05, 3.63) is 64.7 Å². The minimum atomic E-state index is 0.0956. The highest BCUT2D eigenvalue weighted by molar-refractivity contribution is 6.30. The number of ether oxygens (including phenoxy) is 2.